The highest BCUT2D eigenvalue weighted by Gasteiger charge is 2.62. The number of anilines is 3. The van der Waals surface area contributed by atoms with Crippen LogP contribution in [0.4, 0.5) is 17.1 Å². The van der Waals surface area contributed by atoms with E-state index in [2.05, 4.69) is 231 Å². The zero-order chi connectivity index (χ0) is 48.2. The van der Waals surface area contributed by atoms with Gasteiger partial charge in [-0.3, -0.25) is 0 Å². The van der Waals surface area contributed by atoms with E-state index in [1.807, 2.05) is 0 Å². The van der Waals surface area contributed by atoms with E-state index in [1.54, 1.807) is 11.1 Å². The van der Waals surface area contributed by atoms with Crippen molar-refractivity contribution in [3.05, 3.63) is 235 Å². The van der Waals surface area contributed by atoms with E-state index in [9.17, 15) is 0 Å². The van der Waals surface area contributed by atoms with E-state index in [0.29, 0.717) is 11.8 Å². The lowest BCUT2D eigenvalue weighted by molar-refractivity contribution is -0.0399. The van der Waals surface area contributed by atoms with Gasteiger partial charge in [-0.25, -0.2) is 0 Å². The van der Waals surface area contributed by atoms with Crippen molar-refractivity contribution in [2.45, 2.75) is 56.8 Å². The van der Waals surface area contributed by atoms with Gasteiger partial charge in [0.1, 0.15) is 11.2 Å². The molecule has 0 saturated heterocycles. The van der Waals surface area contributed by atoms with Crippen LogP contribution in [0.1, 0.15) is 68.2 Å². The number of hydrogen-bond acceptors (Lipinski definition) is 2. The van der Waals surface area contributed by atoms with Crippen molar-refractivity contribution in [2.24, 2.45) is 23.7 Å². The Labute approximate surface area is 427 Å². The van der Waals surface area contributed by atoms with Crippen molar-refractivity contribution < 1.29 is 4.42 Å². The van der Waals surface area contributed by atoms with Crippen molar-refractivity contribution in [1.29, 1.82) is 0 Å². The van der Waals surface area contributed by atoms with Crippen LogP contribution >= 0.6 is 0 Å². The van der Waals surface area contributed by atoms with Gasteiger partial charge in [-0.1, -0.05) is 159 Å². The van der Waals surface area contributed by atoms with Crippen LogP contribution in [0.3, 0.4) is 0 Å². The summed E-state index contributed by atoms with van der Waals surface area (Å²) in [6.07, 6.45) is 6.69. The Hall–Kier alpha value is -7.94. The fourth-order valence-electron chi connectivity index (χ4n) is 15.8. The van der Waals surface area contributed by atoms with Crippen LogP contribution in [0.15, 0.2) is 217 Å². The molecule has 0 radical (unpaired) electrons. The average molecular weight is 938 g/mol. The molecule has 1 heterocycles. The van der Waals surface area contributed by atoms with E-state index in [1.165, 1.54) is 121 Å². The topological polar surface area (TPSA) is 16.4 Å². The molecule has 6 aliphatic carbocycles. The third-order valence-corrected chi connectivity index (χ3v) is 18.8. The van der Waals surface area contributed by atoms with Crippen molar-refractivity contribution >= 4 is 49.8 Å². The van der Waals surface area contributed by atoms with Gasteiger partial charge in [-0.05, 0) is 206 Å². The van der Waals surface area contributed by atoms with Crippen LogP contribution in [0.25, 0.3) is 88.3 Å². The first-order chi connectivity index (χ1) is 35.9. The molecule has 6 aliphatic rings. The maximum atomic E-state index is 6.37. The van der Waals surface area contributed by atoms with Crippen LogP contribution in [-0.4, -0.2) is 0 Å². The molecule has 0 unspecified atom stereocenters. The number of para-hydroxylation sites is 1. The van der Waals surface area contributed by atoms with Crippen molar-refractivity contribution in [3.63, 3.8) is 0 Å². The van der Waals surface area contributed by atoms with Crippen LogP contribution in [0, 0.1) is 23.7 Å². The predicted octanol–water partition coefficient (Wildman–Crippen LogP) is 19.2. The molecule has 4 fully saturated rings. The second-order valence-corrected chi connectivity index (χ2v) is 22.9. The van der Waals surface area contributed by atoms with Crippen molar-refractivity contribution in [1.82, 2.24) is 0 Å². The fourth-order valence-corrected chi connectivity index (χ4v) is 15.8. The smallest absolute Gasteiger partial charge is 0.135 e. The predicted molar refractivity (Wildman–Crippen MR) is 303 cm³/mol. The summed E-state index contributed by atoms with van der Waals surface area (Å²) in [5, 5.41) is 4.81. The van der Waals surface area contributed by atoms with Gasteiger partial charge < -0.3 is 9.32 Å². The van der Waals surface area contributed by atoms with Gasteiger partial charge in [0.15, 0.2) is 0 Å². The molecule has 0 N–H and O–H groups in total. The Morgan fingerprint density at radius 1 is 0.384 bits per heavy atom. The van der Waals surface area contributed by atoms with E-state index >= 15 is 0 Å². The normalized spacial score (nSPS) is 21.5. The van der Waals surface area contributed by atoms with Crippen LogP contribution in [0.2, 0.25) is 0 Å². The lowest BCUT2D eigenvalue weighted by Gasteiger charge is -2.61. The zero-order valence-electron chi connectivity index (χ0n) is 41.4. The molecule has 2 heteroatoms. The summed E-state index contributed by atoms with van der Waals surface area (Å²) in [4.78, 5) is 2.62. The standard InChI is InChI=1S/C71H55NO/c1-70(2)62-18-10-8-16-57(62)58-29-23-51(40-64(58)70)52-41-65-69(66(42-52)72(56-28-22-46-14-6-7-15-48(46)37-56)55-26-20-47(21-27-55)45-12-4-3-5-13-45)61-39-49(50-25-31-68-60(38-50)59-17-9-11-19-67(59)73-68)24-30-63(61)71(65)53-33-43-32-44(35-53)36-54(71)34-43/h3-31,37-44,53-54H,32-36H2,1-2H3. The van der Waals surface area contributed by atoms with Crippen LogP contribution in [0.5, 0.6) is 0 Å². The third-order valence-electron chi connectivity index (χ3n) is 18.8. The summed E-state index contributed by atoms with van der Waals surface area (Å²) >= 11 is 0. The summed E-state index contributed by atoms with van der Waals surface area (Å²) in [5.41, 5.74) is 24.2. The first kappa shape index (κ1) is 41.7. The molecular weight excluding hydrogens is 883 g/mol. The van der Waals surface area contributed by atoms with Gasteiger partial charge in [0.25, 0.3) is 0 Å². The Morgan fingerprint density at radius 3 is 1.84 bits per heavy atom. The minimum absolute atomic E-state index is 0.0788. The molecular formula is C71H55NO. The molecule has 1 aromatic heterocycles. The Kier molecular flexibility index (Phi) is 8.73. The van der Waals surface area contributed by atoms with Crippen LogP contribution < -0.4 is 4.90 Å². The SMILES string of the molecule is CC1(C)c2ccccc2-c2ccc(-c3cc(N(c4ccc(-c5ccccc5)cc4)c4ccc5ccccc5c4)c4c(c3)C3(c5ccc(-c6ccc7oc8ccccc8c7c6)cc5-4)C4CC5CC(C4)CC3C5)cc21. The molecule has 1 spiro atoms. The molecule has 4 bridgehead atoms. The third kappa shape index (κ3) is 5.98. The van der Waals surface area contributed by atoms with E-state index in [-0.39, 0.29) is 10.8 Å². The number of hydrogen-bond donors (Lipinski definition) is 0. The second-order valence-electron chi connectivity index (χ2n) is 22.9. The molecule has 0 aliphatic heterocycles. The lowest BCUT2D eigenvalue weighted by Crippen LogP contribution is -2.55. The largest absolute Gasteiger partial charge is 0.456 e. The van der Waals surface area contributed by atoms with E-state index in [4.69, 9.17) is 4.42 Å². The first-order valence-corrected chi connectivity index (χ1v) is 26.8. The Morgan fingerprint density at radius 2 is 1.00 bits per heavy atom. The maximum absolute atomic E-state index is 6.37. The summed E-state index contributed by atoms with van der Waals surface area (Å²) in [7, 11) is 0. The number of benzene rings is 10. The number of rotatable bonds is 6. The lowest BCUT2D eigenvalue weighted by atomic mass is 9.43. The molecule has 4 saturated carbocycles. The average Bonchev–Trinajstić information content (AvgIpc) is 4.03. The molecule has 2 nitrogen and oxygen atoms in total. The van der Waals surface area contributed by atoms with E-state index in [0.717, 1.165) is 39.8 Å². The quantitative estimate of drug-likeness (QED) is 0.165. The zero-order valence-corrected chi connectivity index (χ0v) is 41.4. The monoisotopic (exact) mass is 937 g/mol. The summed E-state index contributed by atoms with van der Waals surface area (Å²) in [6, 6.07) is 80.8. The van der Waals surface area contributed by atoms with Gasteiger partial charge >= 0.3 is 0 Å². The number of nitrogens with zero attached hydrogens (tertiary/aromatic N) is 1. The number of fused-ring (bicyclic) bond motifs is 10. The molecule has 73 heavy (non-hydrogen) atoms. The van der Waals surface area contributed by atoms with Gasteiger partial charge in [0.2, 0.25) is 0 Å². The first-order valence-electron chi connectivity index (χ1n) is 26.8. The minimum Gasteiger partial charge on any atom is -0.456 e. The van der Waals surface area contributed by atoms with E-state index < -0.39 is 0 Å². The fraction of sp³-hybridized carbons (Fsp3) is 0.183. The Bertz CT molecular complexity index is 4050. The number of furan rings is 1. The molecule has 0 amide bonds. The summed E-state index contributed by atoms with van der Waals surface area (Å²) < 4.78 is 6.37. The van der Waals surface area contributed by atoms with Crippen molar-refractivity contribution in [2.75, 3.05) is 4.90 Å². The summed E-state index contributed by atoms with van der Waals surface area (Å²) in [6.45, 7) is 4.83. The van der Waals surface area contributed by atoms with Gasteiger partial charge in [-0.2, -0.15) is 0 Å². The summed E-state index contributed by atoms with van der Waals surface area (Å²) in [5.74, 6) is 2.85. The van der Waals surface area contributed by atoms with Gasteiger partial charge in [-0.15, -0.1) is 0 Å². The van der Waals surface area contributed by atoms with Crippen molar-refractivity contribution in [3.8, 4) is 55.6 Å². The Balaban J connectivity index is 0.987. The highest BCUT2D eigenvalue weighted by atomic mass is 16.3. The molecule has 17 rings (SSSR count). The second kappa shape index (κ2) is 15.3. The highest BCUT2D eigenvalue weighted by Crippen LogP contribution is 2.71. The minimum atomic E-state index is -0.111. The molecule has 0 atom stereocenters. The van der Waals surface area contributed by atoms with Gasteiger partial charge in [0.05, 0.1) is 5.69 Å². The molecule has 10 aromatic carbocycles. The van der Waals surface area contributed by atoms with Gasteiger partial charge in [0, 0.05) is 38.5 Å². The molecule has 11 aromatic rings. The van der Waals surface area contributed by atoms with Crippen LogP contribution in [-0.2, 0) is 10.8 Å². The highest BCUT2D eigenvalue weighted by molar-refractivity contribution is 6.07. The maximum Gasteiger partial charge on any atom is 0.135 e. The molecule has 350 valence electrons.